The second kappa shape index (κ2) is 8.27. The summed E-state index contributed by atoms with van der Waals surface area (Å²) in [6.07, 6.45) is 6.93. The summed E-state index contributed by atoms with van der Waals surface area (Å²) in [7, 11) is 1.79. The van der Waals surface area contributed by atoms with Crippen molar-refractivity contribution in [3.63, 3.8) is 0 Å². The first-order chi connectivity index (χ1) is 14.5. The third-order valence-corrected chi connectivity index (χ3v) is 5.95. The lowest BCUT2D eigenvalue weighted by Gasteiger charge is -2.43. The molecule has 1 saturated carbocycles. The van der Waals surface area contributed by atoms with Gasteiger partial charge in [0.15, 0.2) is 5.82 Å². The van der Waals surface area contributed by atoms with Gasteiger partial charge >= 0.3 is 0 Å². The van der Waals surface area contributed by atoms with Crippen molar-refractivity contribution in [2.24, 2.45) is 5.84 Å². The lowest BCUT2D eigenvalue weighted by molar-refractivity contribution is -0.120. The number of amides is 2. The summed E-state index contributed by atoms with van der Waals surface area (Å²) in [5, 5.41) is 3.19. The zero-order valence-electron chi connectivity index (χ0n) is 17.3. The van der Waals surface area contributed by atoms with E-state index in [1.165, 1.54) is 12.8 Å². The standard InChI is InChI=1S/C21H27N7O2/c1-3-16-20(30)27(2)17-12-23-21(25-18(17)28(16)15-6-4-5-7-15)24-14-10-8-13(9-11-14)19(29)26-22/h8-12,15-16H,3-7,22H2,1-2H3,(H,26,29)(H,23,24,25). The van der Waals surface area contributed by atoms with Gasteiger partial charge in [-0.05, 0) is 43.5 Å². The molecule has 1 aliphatic carbocycles. The molecule has 0 radical (unpaired) electrons. The van der Waals surface area contributed by atoms with E-state index in [1.807, 2.05) is 6.92 Å². The van der Waals surface area contributed by atoms with E-state index in [4.69, 9.17) is 10.8 Å². The van der Waals surface area contributed by atoms with Crippen molar-refractivity contribution in [2.75, 3.05) is 22.2 Å². The molecule has 0 bridgehead atoms. The molecule has 4 rings (SSSR count). The Balaban J connectivity index is 1.66. The van der Waals surface area contributed by atoms with Gasteiger partial charge in [-0.2, -0.15) is 4.98 Å². The van der Waals surface area contributed by atoms with E-state index in [1.54, 1.807) is 42.4 Å². The monoisotopic (exact) mass is 409 g/mol. The molecule has 2 aliphatic rings. The van der Waals surface area contributed by atoms with Gasteiger partial charge in [0, 0.05) is 24.3 Å². The Morgan fingerprint density at radius 3 is 2.57 bits per heavy atom. The molecule has 2 heterocycles. The van der Waals surface area contributed by atoms with Gasteiger partial charge in [-0.25, -0.2) is 10.8 Å². The van der Waals surface area contributed by atoms with Crippen molar-refractivity contribution in [1.29, 1.82) is 0 Å². The van der Waals surface area contributed by atoms with Crippen LogP contribution in [0.5, 0.6) is 0 Å². The molecule has 4 N–H and O–H groups in total. The molecule has 158 valence electrons. The van der Waals surface area contributed by atoms with Crippen LogP contribution in [-0.4, -0.2) is 40.9 Å². The number of rotatable bonds is 5. The summed E-state index contributed by atoms with van der Waals surface area (Å²) in [6.45, 7) is 2.04. The lowest BCUT2D eigenvalue weighted by atomic mass is 10.0. The minimum absolute atomic E-state index is 0.0926. The number of nitrogens with two attached hydrogens (primary N) is 1. The second-order valence-electron chi connectivity index (χ2n) is 7.75. The zero-order valence-corrected chi connectivity index (χ0v) is 17.3. The summed E-state index contributed by atoms with van der Waals surface area (Å²) in [5.74, 6) is 6.16. The van der Waals surface area contributed by atoms with E-state index in [0.29, 0.717) is 17.6 Å². The minimum Gasteiger partial charge on any atom is -0.340 e. The van der Waals surface area contributed by atoms with Crippen LogP contribution in [0.1, 0.15) is 49.4 Å². The van der Waals surface area contributed by atoms with Crippen molar-refractivity contribution >= 4 is 35.0 Å². The number of carbonyl (C=O) groups is 2. The van der Waals surface area contributed by atoms with E-state index < -0.39 is 0 Å². The topological polar surface area (TPSA) is 116 Å². The largest absolute Gasteiger partial charge is 0.340 e. The number of anilines is 4. The Kier molecular flexibility index (Phi) is 5.54. The van der Waals surface area contributed by atoms with Gasteiger partial charge in [0.05, 0.1) is 6.20 Å². The van der Waals surface area contributed by atoms with Crippen LogP contribution in [0.25, 0.3) is 0 Å². The summed E-state index contributed by atoms with van der Waals surface area (Å²) in [6, 6.07) is 7.01. The molecule has 2 amide bonds. The highest BCUT2D eigenvalue weighted by atomic mass is 16.2. The highest BCUT2D eigenvalue weighted by Crippen LogP contribution is 2.39. The molecule has 1 atom stereocenters. The van der Waals surface area contributed by atoms with Crippen LogP contribution < -0.4 is 26.4 Å². The lowest BCUT2D eigenvalue weighted by Crippen LogP contribution is -2.55. The van der Waals surface area contributed by atoms with Gasteiger partial charge in [0.25, 0.3) is 5.91 Å². The van der Waals surface area contributed by atoms with Gasteiger partial charge in [0.2, 0.25) is 11.9 Å². The van der Waals surface area contributed by atoms with Crippen LogP contribution in [0.2, 0.25) is 0 Å². The molecule has 30 heavy (non-hydrogen) atoms. The first kappa shape index (κ1) is 20.1. The van der Waals surface area contributed by atoms with E-state index in [9.17, 15) is 9.59 Å². The quantitative estimate of drug-likeness (QED) is 0.394. The first-order valence-corrected chi connectivity index (χ1v) is 10.3. The van der Waals surface area contributed by atoms with E-state index >= 15 is 0 Å². The number of nitrogen functional groups attached to an aromatic ring is 1. The highest BCUT2D eigenvalue weighted by Gasteiger charge is 2.41. The van der Waals surface area contributed by atoms with E-state index in [0.717, 1.165) is 36.5 Å². The van der Waals surface area contributed by atoms with Gasteiger partial charge in [0.1, 0.15) is 11.7 Å². The molecule has 1 aliphatic heterocycles. The number of hydrogen-bond acceptors (Lipinski definition) is 7. The van der Waals surface area contributed by atoms with E-state index in [2.05, 4.69) is 20.6 Å². The molecule has 9 heteroatoms. The minimum atomic E-state index is -0.350. The van der Waals surface area contributed by atoms with Crippen molar-refractivity contribution < 1.29 is 9.59 Å². The number of hydrazine groups is 1. The fourth-order valence-corrected chi connectivity index (χ4v) is 4.36. The molecule has 2 aromatic rings. The number of benzene rings is 1. The maximum atomic E-state index is 12.9. The molecule has 1 unspecified atom stereocenters. The van der Waals surface area contributed by atoms with Crippen LogP contribution in [0.4, 0.5) is 23.1 Å². The third-order valence-electron chi connectivity index (χ3n) is 5.95. The number of hydrogen-bond donors (Lipinski definition) is 3. The number of fused-ring (bicyclic) bond motifs is 1. The Bertz CT molecular complexity index is 941. The SMILES string of the molecule is CCC1C(=O)N(C)c2cnc(Nc3ccc(C(=O)NN)cc3)nc2N1C1CCCC1. The van der Waals surface area contributed by atoms with Crippen LogP contribution in [0.3, 0.4) is 0 Å². The van der Waals surface area contributed by atoms with E-state index in [-0.39, 0.29) is 17.9 Å². The average Bonchev–Trinajstić information content (AvgIpc) is 3.30. The van der Waals surface area contributed by atoms with Gasteiger partial charge in [-0.1, -0.05) is 19.8 Å². The zero-order chi connectivity index (χ0) is 21.3. The Morgan fingerprint density at radius 1 is 1.23 bits per heavy atom. The van der Waals surface area contributed by atoms with Gasteiger partial charge in [-0.15, -0.1) is 0 Å². The van der Waals surface area contributed by atoms with Crippen LogP contribution in [-0.2, 0) is 4.79 Å². The van der Waals surface area contributed by atoms with Crippen molar-refractivity contribution in [3.8, 4) is 0 Å². The Hall–Kier alpha value is -3.20. The number of nitrogens with zero attached hydrogens (tertiary/aromatic N) is 4. The smallest absolute Gasteiger partial charge is 0.265 e. The summed E-state index contributed by atoms with van der Waals surface area (Å²) in [5.41, 5.74) is 4.06. The Morgan fingerprint density at radius 2 is 1.93 bits per heavy atom. The van der Waals surface area contributed by atoms with Crippen LogP contribution in [0, 0.1) is 0 Å². The molecular weight excluding hydrogens is 382 g/mol. The molecule has 0 spiro atoms. The molecule has 1 aromatic heterocycles. The maximum absolute atomic E-state index is 12.9. The van der Waals surface area contributed by atoms with Gasteiger partial charge in [-0.3, -0.25) is 15.0 Å². The van der Waals surface area contributed by atoms with Crippen LogP contribution in [0.15, 0.2) is 30.5 Å². The summed E-state index contributed by atoms with van der Waals surface area (Å²) in [4.78, 5) is 37.6. The van der Waals surface area contributed by atoms with Crippen molar-refractivity contribution in [3.05, 3.63) is 36.0 Å². The number of aromatic nitrogens is 2. The second-order valence-corrected chi connectivity index (χ2v) is 7.75. The first-order valence-electron chi connectivity index (χ1n) is 10.3. The number of carbonyl (C=O) groups excluding carboxylic acids is 2. The molecule has 0 saturated heterocycles. The average molecular weight is 409 g/mol. The fourth-order valence-electron chi connectivity index (χ4n) is 4.36. The van der Waals surface area contributed by atoms with Crippen LogP contribution >= 0.6 is 0 Å². The third kappa shape index (κ3) is 3.56. The number of nitrogens with one attached hydrogen (secondary N) is 2. The molecule has 1 fully saturated rings. The van der Waals surface area contributed by atoms with Crippen molar-refractivity contribution in [2.45, 2.75) is 51.1 Å². The summed E-state index contributed by atoms with van der Waals surface area (Å²) < 4.78 is 0. The van der Waals surface area contributed by atoms with Crippen molar-refractivity contribution in [1.82, 2.24) is 15.4 Å². The Labute approximate surface area is 175 Å². The summed E-state index contributed by atoms with van der Waals surface area (Å²) >= 11 is 0. The van der Waals surface area contributed by atoms with Gasteiger partial charge < -0.3 is 15.1 Å². The molecule has 1 aromatic carbocycles. The maximum Gasteiger partial charge on any atom is 0.265 e. The number of likely N-dealkylation sites (N-methyl/N-ethyl adjacent to an activating group) is 1. The normalized spacial score (nSPS) is 19.0. The predicted octanol–water partition coefficient (Wildman–Crippen LogP) is 2.33. The predicted molar refractivity (Wildman–Crippen MR) is 116 cm³/mol. The fraction of sp³-hybridized carbons (Fsp3) is 0.429. The molecular formula is C21H27N7O2. The highest BCUT2D eigenvalue weighted by molar-refractivity contribution is 6.04. The molecule has 9 nitrogen and oxygen atoms in total.